The van der Waals surface area contributed by atoms with Crippen LogP contribution in [0, 0.1) is 0 Å². The smallest absolute Gasteiger partial charge is 0.317 e. The predicted molar refractivity (Wildman–Crippen MR) is 109 cm³/mol. The molecule has 1 atom stereocenters. The third-order valence-electron chi connectivity index (χ3n) is 5.32. The van der Waals surface area contributed by atoms with Crippen LogP contribution in [0.15, 0.2) is 54.7 Å². The highest BCUT2D eigenvalue weighted by molar-refractivity contribution is 5.73. The Labute approximate surface area is 169 Å². The first-order chi connectivity index (χ1) is 14.0. The SMILES string of the molecule is CN(CC1(O)CCN(Cc2ccccc2)C1)C(=O)NCc1nnc2ccccn12. The molecule has 0 bridgehead atoms. The van der Waals surface area contributed by atoms with Gasteiger partial charge in [0.15, 0.2) is 11.5 Å². The molecule has 3 heterocycles. The molecule has 2 amide bonds. The maximum absolute atomic E-state index is 12.5. The van der Waals surface area contributed by atoms with E-state index in [0.717, 1.165) is 18.7 Å². The quantitative estimate of drug-likeness (QED) is 0.662. The van der Waals surface area contributed by atoms with Crippen molar-refractivity contribution in [3.63, 3.8) is 0 Å². The number of carbonyl (C=O) groups is 1. The van der Waals surface area contributed by atoms with Crippen LogP contribution in [0.5, 0.6) is 0 Å². The topological polar surface area (TPSA) is 86.0 Å². The fourth-order valence-electron chi connectivity index (χ4n) is 3.86. The third-order valence-corrected chi connectivity index (χ3v) is 5.32. The lowest BCUT2D eigenvalue weighted by Crippen LogP contribution is -2.48. The van der Waals surface area contributed by atoms with Crippen molar-refractivity contribution in [2.24, 2.45) is 0 Å². The average molecular weight is 394 g/mol. The van der Waals surface area contributed by atoms with E-state index in [4.69, 9.17) is 0 Å². The van der Waals surface area contributed by atoms with Crippen LogP contribution in [-0.4, -0.2) is 67.8 Å². The number of likely N-dealkylation sites (tertiary alicyclic amines) is 1. The summed E-state index contributed by atoms with van der Waals surface area (Å²) in [5.41, 5.74) is 1.06. The molecule has 1 unspecified atom stereocenters. The molecule has 1 aliphatic heterocycles. The Hall–Kier alpha value is -2.97. The number of benzene rings is 1. The zero-order chi connectivity index (χ0) is 20.3. The molecule has 1 aromatic carbocycles. The van der Waals surface area contributed by atoms with E-state index >= 15 is 0 Å². The summed E-state index contributed by atoms with van der Waals surface area (Å²) >= 11 is 0. The summed E-state index contributed by atoms with van der Waals surface area (Å²) < 4.78 is 1.84. The molecular weight excluding hydrogens is 368 g/mol. The number of nitrogens with one attached hydrogen (secondary N) is 1. The van der Waals surface area contributed by atoms with E-state index in [1.807, 2.05) is 47.0 Å². The van der Waals surface area contributed by atoms with Gasteiger partial charge in [-0.15, -0.1) is 10.2 Å². The minimum Gasteiger partial charge on any atom is -0.387 e. The molecule has 4 rings (SSSR count). The van der Waals surface area contributed by atoms with Crippen molar-refractivity contribution in [1.82, 2.24) is 29.7 Å². The molecule has 2 N–H and O–H groups in total. The predicted octanol–water partition coefficient (Wildman–Crippen LogP) is 1.51. The van der Waals surface area contributed by atoms with Gasteiger partial charge in [-0.05, 0) is 24.1 Å². The number of pyridine rings is 1. The Morgan fingerprint density at radius 3 is 2.83 bits per heavy atom. The molecule has 29 heavy (non-hydrogen) atoms. The number of β-amino-alcohol motifs (C(OH)–C–C–N with tert-alkyl or cyclic N) is 1. The minimum atomic E-state index is -0.900. The molecular formula is C21H26N6O2. The Morgan fingerprint density at radius 1 is 1.21 bits per heavy atom. The first kappa shape index (κ1) is 19.4. The maximum atomic E-state index is 12.5. The number of amides is 2. The molecule has 0 spiro atoms. The Kier molecular flexibility index (Phi) is 5.46. The summed E-state index contributed by atoms with van der Waals surface area (Å²) in [7, 11) is 1.70. The van der Waals surface area contributed by atoms with E-state index in [2.05, 4.69) is 32.5 Å². The fourth-order valence-corrected chi connectivity index (χ4v) is 3.86. The van der Waals surface area contributed by atoms with Gasteiger partial charge in [-0.1, -0.05) is 36.4 Å². The van der Waals surface area contributed by atoms with Crippen molar-refractivity contribution < 1.29 is 9.90 Å². The number of fused-ring (bicyclic) bond motifs is 1. The van der Waals surface area contributed by atoms with Crippen molar-refractivity contribution in [2.45, 2.75) is 25.1 Å². The van der Waals surface area contributed by atoms with E-state index in [1.54, 1.807) is 7.05 Å². The molecule has 1 saturated heterocycles. The lowest BCUT2D eigenvalue weighted by atomic mass is 10.0. The Bertz CT molecular complexity index is 975. The van der Waals surface area contributed by atoms with Gasteiger partial charge in [-0.3, -0.25) is 9.30 Å². The zero-order valence-electron chi connectivity index (χ0n) is 16.5. The molecule has 0 radical (unpaired) electrons. The Balaban J connectivity index is 1.29. The first-order valence-electron chi connectivity index (χ1n) is 9.79. The molecule has 152 valence electrons. The van der Waals surface area contributed by atoms with Gasteiger partial charge in [-0.25, -0.2) is 4.79 Å². The van der Waals surface area contributed by atoms with Crippen molar-refractivity contribution in [3.8, 4) is 0 Å². The van der Waals surface area contributed by atoms with Crippen LogP contribution in [0.2, 0.25) is 0 Å². The van der Waals surface area contributed by atoms with Crippen LogP contribution >= 0.6 is 0 Å². The van der Waals surface area contributed by atoms with E-state index in [0.29, 0.717) is 18.8 Å². The van der Waals surface area contributed by atoms with E-state index in [1.165, 1.54) is 10.5 Å². The minimum absolute atomic E-state index is 0.243. The van der Waals surface area contributed by atoms with Gasteiger partial charge in [0.05, 0.1) is 18.7 Å². The van der Waals surface area contributed by atoms with E-state index < -0.39 is 5.60 Å². The van der Waals surface area contributed by atoms with E-state index in [-0.39, 0.29) is 19.1 Å². The number of likely N-dealkylation sites (N-methyl/N-ethyl adjacent to an activating group) is 1. The van der Waals surface area contributed by atoms with Gasteiger partial charge in [0.25, 0.3) is 0 Å². The molecule has 1 fully saturated rings. The maximum Gasteiger partial charge on any atom is 0.317 e. The third kappa shape index (κ3) is 4.55. The standard InChI is InChI=1S/C21H26N6O2/c1-25(20(28)22-13-19-24-23-18-9-5-6-11-27(18)19)15-21(29)10-12-26(16-21)14-17-7-3-2-4-8-17/h2-9,11,29H,10,12-16H2,1H3,(H,22,28). The molecule has 2 aromatic heterocycles. The number of rotatable bonds is 6. The summed E-state index contributed by atoms with van der Waals surface area (Å²) in [4.78, 5) is 16.3. The second kappa shape index (κ2) is 8.18. The lowest BCUT2D eigenvalue weighted by Gasteiger charge is -2.29. The fraction of sp³-hybridized carbons (Fsp3) is 0.381. The van der Waals surface area contributed by atoms with Crippen molar-refractivity contribution in [3.05, 3.63) is 66.1 Å². The lowest BCUT2D eigenvalue weighted by molar-refractivity contribution is 0.0260. The highest BCUT2D eigenvalue weighted by Gasteiger charge is 2.37. The molecule has 8 heteroatoms. The normalized spacial score (nSPS) is 19.5. The molecule has 1 aliphatic rings. The van der Waals surface area contributed by atoms with Gasteiger partial charge in [0.2, 0.25) is 0 Å². The van der Waals surface area contributed by atoms with Gasteiger partial charge >= 0.3 is 6.03 Å². The van der Waals surface area contributed by atoms with Crippen LogP contribution in [0.3, 0.4) is 0 Å². The summed E-state index contributed by atoms with van der Waals surface area (Å²) in [5, 5.41) is 22.0. The van der Waals surface area contributed by atoms with Gasteiger partial charge in [-0.2, -0.15) is 0 Å². The zero-order valence-corrected chi connectivity index (χ0v) is 16.5. The van der Waals surface area contributed by atoms with Crippen molar-refractivity contribution in [2.75, 3.05) is 26.7 Å². The molecule has 0 aliphatic carbocycles. The second-order valence-electron chi connectivity index (χ2n) is 7.73. The molecule has 3 aromatic rings. The monoisotopic (exact) mass is 394 g/mol. The average Bonchev–Trinajstić information content (AvgIpc) is 3.30. The van der Waals surface area contributed by atoms with Crippen LogP contribution in [-0.2, 0) is 13.1 Å². The number of urea groups is 1. The first-order valence-corrected chi connectivity index (χ1v) is 9.79. The van der Waals surface area contributed by atoms with Gasteiger partial charge in [0, 0.05) is 32.9 Å². The highest BCUT2D eigenvalue weighted by atomic mass is 16.3. The Morgan fingerprint density at radius 2 is 2.00 bits per heavy atom. The highest BCUT2D eigenvalue weighted by Crippen LogP contribution is 2.23. The van der Waals surface area contributed by atoms with Crippen molar-refractivity contribution in [1.29, 1.82) is 0 Å². The largest absolute Gasteiger partial charge is 0.387 e. The summed E-state index contributed by atoms with van der Waals surface area (Å²) in [6.07, 6.45) is 2.51. The van der Waals surface area contributed by atoms with Crippen LogP contribution < -0.4 is 5.32 Å². The van der Waals surface area contributed by atoms with E-state index in [9.17, 15) is 9.90 Å². The molecule has 8 nitrogen and oxygen atoms in total. The number of hydrogen-bond acceptors (Lipinski definition) is 5. The summed E-state index contributed by atoms with van der Waals surface area (Å²) in [6.45, 7) is 2.72. The van der Waals surface area contributed by atoms with Crippen LogP contribution in [0.25, 0.3) is 5.65 Å². The number of hydrogen-bond donors (Lipinski definition) is 2. The number of carbonyl (C=O) groups excluding carboxylic acids is 1. The van der Waals surface area contributed by atoms with Crippen molar-refractivity contribution >= 4 is 11.7 Å². The van der Waals surface area contributed by atoms with Gasteiger partial charge < -0.3 is 15.3 Å². The van der Waals surface area contributed by atoms with Crippen LogP contribution in [0.1, 0.15) is 17.8 Å². The number of nitrogens with zero attached hydrogens (tertiary/aromatic N) is 5. The summed E-state index contributed by atoms with van der Waals surface area (Å²) in [6, 6.07) is 15.6. The van der Waals surface area contributed by atoms with Gasteiger partial charge in [0.1, 0.15) is 0 Å². The number of aliphatic hydroxyl groups is 1. The molecule has 0 saturated carbocycles. The number of aromatic nitrogens is 3. The van der Waals surface area contributed by atoms with Crippen LogP contribution in [0.4, 0.5) is 4.79 Å². The summed E-state index contributed by atoms with van der Waals surface area (Å²) in [5.74, 6) is 0.663. The second-order valence-corrected chi connectivity index (χ2v) is 7.73.